The van der Waals surface area contributed by atoms with Gasteiger partial charge in [-0.1, -0.05) is 6.42 Å². The molecule has 0 radical (unpaired) electrons. The van der Waals surface area contributed by atoms with Gasteiger partial charge in [0.1, 0.15) is 0 Å². The number of hydrogen-bond acceptors (Lipinski definition) is 6. The Bertz CT molecular complexity index is 324. The molecule has 0 amide bonds. The third kappa shape index (κ3) is 6.34. The van der Waals surface area contributed by atoms with Gasteiger partial charge in [-0.2, -0.15) is 0 Å². The molecular weight excluding hydrogens is 304 g/mol. The molecule has 7 heteroatoms. The maximum Gasteiger partial charge on any atom is 0.338 e. The quantitative estimate of drug-likeness (QED) is 0.366. The van der Waals surface area contributed by atoms with Gasteiger partial charge >= 0.3 is 11.9 Å². The summed E-state index contributed by atoms with van der Waals surface area (Å²) in [6.07, 6.45) is 2.06. The minimum absolute atomic E-state index is 0.0685. The summed E-state index contributed by atoms with van der Waals surface area (Å²) in [6.45, 7) is 10.5. The normalized spacial score (nSPS) is 20.9. The average Bonchev–Trinajstić information content (AvgIpc) is 2.45. The molecule has 0 aromatic rings. The van der Waals surface area contributed by atoms with Crippen LogP contribution in [0.4, 0.5) is 0 Å². The lowest BCUT2D eigenvalue weighted by Gasteiger charge is -2.33. The van der Waals surface area contributed by atoms with Crippen molar-refractivity contribution in [2.45, 2.75) is 71.3 Å². The maximum atomic E-state index is 12.6. The molecule has 1 aliphatic rings. The van der Waals surface area contributed by atoms with E-state index < -0.39 is 26.7 Å². The van der Waals surface area contributed by atoms with Crippen LogP contribution in [0.2, 0.25) is 6.04 Å². The van der Waals surface area contributed by atoms with Crippen LogP contribution in [0.15, 0.2) is 0 Å². The summed E-state index contributed by atoms with van der Waals surface area (Å²) in [6, 6.07) is 0.923. The SMILES string of the molecule is CCOC(C)(OCC)OC(=O)C(OC(C)C)[SiH]1CCCCO1. The molecule has 1 rings (SSSR count). The Labute approximate surface area is 135 Å². The second-order valence-electron chi connectivity index (χ2n) is 5.66. The van der Waals surface area contributed by atoms with Crippen molar-refractivity contribution in [1.82, 2.24) is 0 Å². The lowest BCUT2D eigenvalue weighted by atomic mass is 10.4. The van der Waals surface area contributed by atoms with Crippen molar-refractivity contribution in [3.8, 4) is 0 Å². The molecule has 1 aliphatic heterocycles. The van der Waals surface area contributed by atoms with Gasteiger partial charge in [-0.3, -0.25) is 0 Å². The van der Waals surface area contributed by atoms with Crippen LogP contribution in [0.3, 0.4) is 0 Å². The van der Waals surface area contributed by atoms with Crippen LogP contribution in [-0.4, -0.2) is 52.6 Å². The van der Waals surface area contributed by atoms with E-state index in [1.807, 2.05) is 27.7 Å². The predicted octanol–water partition coefficient (Wildman–Crippen LogP) is 2.14. The van der Waals surface area contributed by atoms with Crippen molar-refractivity contribution in [3.05, 3.63) is 0 Å². The van der Waals surface area contributed by atoms with Gasteiger partial charge < -0.3 is 23.4 Å². The van der Waals surface area contributed by atoms with Crippen molar-refractivity contribution in [2.24, 2.45) is 0 Å². The monoisotopic (exact) mass is 334 g/mol. The smallest absolute Gasteiger partial charge is 0.338 e. The molecule has 6 nitrogen and oxygen atoms in total. The molecule has 0 aromatic carbocycles. The van der Waals surface area contributed by atoms with Crippen LogP contribution in [0.5, 0.6) is 0 Å². The van der Waals surface area contributed by atoms with Crippen LogP contribution in [0, 0.1) is 0 Å². The minimum Gasteiger partial charge on any atom is -0.417 e. The van der Waals surface area contributed by atoms with E-state index >= 15 is 0 Å². The van der Waals surface area contributed by atoms with E-state index in [-0.39, 0.29) is 6.10 Å². The van der Waals surface area contributed by atoms with E-state index in [9.17, 15) is 4.79 Å². The molecule has 0 bridgehead atoms. The Morgan fingerprint density at radius 1 is 1.23 bits per heavy atom. The molecule has 0 aromatic heterocycles. The zero-order valence-electron chi connectivity index (χ0n) is 14.4. The molecule has 130 valence electrons. The molecular formula is C15H30O6Si. The van der Waals surface area contributed by atoms with E-state index in [0.717, 1.165) is 18.9 Å². The number of rotatable bonds is 9. The summed E-state index contributed by atoms with van der Waals surface area (Å²) in [7, 11) is -1.79. The van der Waals surface area contributed by atoms with Crippen LogP contribution < -0.4 is 0 Å². The summed E-state index contributed by atoms with van der Waals surface area (Å²) in [4.78, 5) is 12.6. The molecule has 0 spiro atoms. The Kier molecular flexibility index (Phi) is 8.56. The van der Waals surface area contributed by atoms with Gasteiger partial charge in [0.15, 0.2) is 5.73 Å². The highest BCUT2D eigenvalue weighted by Crippen LogP contribution is 2.21. The summed E-state index contributed by atoms with van der Waals surface area (Å²) in [5, 5.41) is 0. The predicted molar refractivity (Wildman–Crippen MR) is 84.9 cm³/mol. The van der Waals surface area contributed by atoms with E-state index in [2.05, 4.69) is 0 Å². The van der Waals surface area contributed by atoms with Crippen LogP contribution in [0.25, 0.3) is 0 Å². The van der Waals surface area contributed by atoms with Crippen molar-refractivity contribution >= 4 is 15.0 Å². The zero-order chi connectivity index (χ0) is 16.6. The average molecular weight is 334 g/mol. The van der Waals surface area contributed by atoms with Gasteiger partial charge in [-0.05, 0) is 40.2 Å². The Morgan fingerprint density at radius 2 is 1.86 bits per heavy atom. The van der Waals surface area contributed by atoms with Crippen LogP contribution in [-0.2, 0) is 28.2 Å². The largest absolute Gasteiger partial charge is 0.417 e. The number of ether oxygens (including phenoxy) is 4. The van der Waals surface area contributed by atoms with E-state index in [4.69, 9.17) is 23.4 Å². The Hall–Kier alpha value is -0.473. The summed E-state index contributed by atoms with van der Waals surface area (Å²) in [5.41, 5.74) is -0.625. The molecule has 0 saturated carbocycles. The van der Waals surface area contributed by atoms with Gasteiger partial charge in [0.2, 0.25) is 9.04 Å². The fourth-order valence-corrected chi connectivity index (χ4v) is 5.12. The van der Waals surface area contributed by atoms with E-state index in [0.29, 0.717) is 19.8 Å². The molecule has 0 aliphatic carbocycles. The molecule has 22 heavy (non-hydrogen) atoms. The third-order valence-electron chi connectivity index (χ3n) is 3.30. The maximum absolute atomic E-state index is 12.6. The number of carbonyl (C=O) groups is 1. The van der Waals surface area contributed by atoms with Crippen molar-refractivity contribution < 1.29 is 28.2 Å². The van der Waals surface area contributed by atoms with Crippen molar-refractivity contribution in [2.75, 3.05) is 19.8 Å². The first-order valence-electron chi connectivity index (χ1n) is 8.19. The third-order valence-corrected chi connectivity index (χ3v) is 6.05. The highest BCUT2D eigenvalue weighted by Gasteiger charge is 2.40. The fraction of sp³-hybridized carbons (Fsp3) is 0.933. The number of carbonyl (C=O) groups excluding carboxylic acids is 1. The first-order valence-corrected chi connectivity index (χ1v) is 10.1. The van der Waals surface area contributed by atoms with Gasteiger partial charge in [-0.25, -0.2) is 4.79 Å². The van der Waals surface area contributed by atoms with E-state index in [1.54, 1.807) is 6.92 Å². The van der Waals surface area contributed by atoms with Crippen LogP contribution in [0.1, 0.15) is 47.5 Å². The standard InChI is InChI=1S/C15H30O6Si/c1-6-17-15(5,18-7-2)21-13(16)14(20-12(3)4)22-11-9-8-10-19-22/h12,14,22H,6-11H2,1-5H3. The molecule has 1 heterocycles. The second kappa shape index (κ2) is 9.62. The van der Waals surface area contributed by atoms with Crippen LogP contribution >= 0.6 is 0 Å². The van der Waals surface area contributed by atoms with Gasteiger partial charge in [0.25, 0.3) is 0 Å². The summed E-state index contributed by atoms with van der Waals surface area (Å²) >= 11 is 0. The Balaban J connectivity index is 2.76. The fourth-order valence-electron chi connectivity index (χ4n) is 2.46. The van der Waals surface area contributed by atoms with Gasteiger partial charge in [-0.15, -0.1) is 0 Å². The number of hydrogen-bond donors (Lipinski definition) is 0. The molecule has 2 unspecified atom stereocenters. The van der Waals surface area contributed by atoms with Gasteiger partial charge in [0.05, 0.1) is 19.3 Å². The minimum atomic E-state index is -1.79. The molecule has 0 N–H and O–H groups in total. The van der Waals surface area contributed by atoms with Crippen molar-refractivity contribution in [1.29, 1.82) is 0 Å². The van der Waals surface area contributed by atoms with Gasteiger partial charge in [0, 0.05) is 13.5 Å². The zero-order valence-corrected chi connectivity index (χ0v) is 15.6. The summed E-state index contributed by atoms with van der Waals surface area (Å²) in [5.74, 6) is -1.82. The summed E-state index contributed by atoms with van der Waals surface area (Å²) < 4.78 is 28.0. The molecule has 1 fully saturated rings. The molecule has 2 atom stereocenters. The molecule has 1 saturated heterocycles. The lowest BCUT2D eigenvalue weighted by Crippen LogP contribution is -2.50. The first-order chi connectivity index (χ1) is 10.4. The topological polar surface area (TPSA) is 63.2 Å². The highest BCUT2D eigenvalue weighted by molar-refractivity contribution is 6.57. The lowest BCUT2D eigenvalue weighted by molar-refractivity contribution is -0.351. The van der Waals surface area contributed by atoms with Crippen molar-refractivity contribution in [3.63, 3.8) is 0 Å². The van der Waals surface area contributed by atoms with E-state index in [1.165, 1.54) is 0 Å². The second-order valence-corrected chi connectivity index (χ2v) is 8.25. The highest BCUT2D eigenvalue weighted by atomic mass is 28.3. The Morgan fingerprint density at radius 3 is 2.32 bits per heavy atom. The number of esters is 1. The first kappa shape index (κ1) is 19.6.